The normalized spacial score (nSPS) is 11.1. The number of nitrogens with zero attached hydrogens (tertiary/aromatic N) is 1. The number of ether oxygens (including phenoxy) is 3. The van der Waals surface area contributed by atoms with Crippen molar-refractivity contribution in [3.05, 3.63) is 75.8 Å². The predicted molar refractivity (Wildman–Crippen MR) is 119 cm³/mol. The Labute approximate surface area is 183 Å². The number of methoxy groups -OCH3 is 1. The third-order valence-electron chi connectivity index (χ3n) is 4.43. The monoisotopic (exact) mass is 465 g/mol. The van der Waals surface area contributed by atoms with Crippen LogP contribution in [0.1, 0.15) is 18.1 Å². The van der Waals surface area contributed by atoms with Gasteiger partial charge in [-0.2, -0.15) is 5.26 Å². The molecule has 3 aromatic rings. The molecule has 0 aliphatic carbocycles. The summed E-state index contributed by atoms with van der Waals surface area (Å²) in [4.78, 5) is 11.9. The van der Waals surface area contributed by atoms with Crippen molar-refractivity contribution >= 4 is 38.7 Å². The van der Waals surface area contributed by atoms with Crippen molar-refractivity contribution in [2.24, 2.45) is 0 Å². The smallest absolute Gasteiger partial charge is 0.348 e. The lowest BCUT2D eigenvalue weighted by Crippen LogP contribution is -2.06. The first-order chi connectivity index (χ1) is 14.6. The van der Waals surface area contributed by atoms with Crippen LogP contribution in [0.4, 0.5) is 0 Å². The minimum Gasteiger partial charge on any atom is -0.493 e. The molecule has 152 valence electrons. The van der Waals surface area contributed by atoms with E-state index in [1.165, 1.54) is 13.2 Å². The van der Waals surface area contributed by atoms with Crippen LogP contribution in [0.2, 0.25) is 0 Å². The Balaban J connectivity index is 1.89. The molecular formula is C24H20BrNO4. The van der Waals surface area contributed by atoms with Crippen molar-refractivity contribution in [1.29, 1.82) is 5.26 Å². The van der Waals surface area contributed by atoms with Crippen LogP contribution in [0.5, 0.6) is 11.5 Å². The maximum absolute atomic E-state index is 11.9. The summed E-state index contributed by atoms with van der Waals surface area (Å²) in [6.45, 7) is 2.25. The van der Waals surface area contributed by atoms with Crippen LogP contribution in [-0.2, 0) is 16.1 Å². The largest absolute Gasteiger partial charge is 0.493 e. The average Bonchev–Trinajstić information content (AvgIpc) is 2.76. The van der Waals surface area contributed by atoms with Gasteiger partial charge in [-0.25, -0.2) is 4.79 Å². The second-order valence-electron chi connectivity index (χ2n) is 6.35. The molecule has 30 heavy (non-hydrogen) atoms. The molecule has 5 nitrogen and oxygen atoms in total. The molecule has 0 heterocycles. The van der Waals surface area contributed by atoms with Crippen molar-refractivity contribution in [3.63, 3.8) is 0 Å². The Bertz CT molecular complexity index is 1140. The quantitative estimate of drug-likeness (QED) is 0.255. The maximum atomic E-state index is 11.9. The van der Waals surface area contributed by atoms with Gasteiger partial charge in [-0.05, 0) is 63.0 Å². The molecule has 0 fully saturated rings. The second kappa shape index (κ2) is 9.95. The second-order valence-corrected chi connectivity index (χ2v) is 7.21. The average molecular weight is 466 g/mol. The Morgan fingerprint density at radius 2 is 1.93 bits per heavy atom. The lowest BCUT2D eigenvalue weighted by atomic mass is 10.1. The Hall–Kier alpha value is -3.30. The van der Waals surface area contributed by atoms with Crippen LogP contribution in [0, 0.1) is 11.3 Å². The number of nitriles is 1. The fourth-order valence-electron chi connectivity index (χ4n) is 3.04. The minimum absolute atomic E-state index is 0.0878. The van der Waals surface area contributed by atoms with E-state index in [1.807, 2.05) is 30.3 Å². The van der Waals surface area contributed by atoms with E-state index in [9.17, 15) is 10.1 Å². The number of benzene rings is 3. The fraction of sp³-hybridized carbons (Fsp3) is 0.167. The number of fused-ring (bicyclic) bond motifs is 1. The van der Waals surface area contributed by atoms with Gasteiger partial charge >= 0.3 is 5.97 Å². The molecule has 0 saturated carbocycles. The number of hydrogen-bond donors (Lipinski definition) is 0. The molecule has 0 atom stereocenters. The number of carbonyl (C=O) groups excluding carboxylic acids is 1. The molecule has 3 aromatic carbocycles. The molecule has 3 rings (SSSR count). The maximum Gasteiger partial charge on any atom is 0.348 e. The summed E-state index contributed by atoms with van der Waals surface area (Å²) in [6, 6.07) is 19.6. The van der Waals surface area contributed by atoms with Crippen molar-refractivity contribution in [3.8, 4) is 17.6 Å². The standard InChI is InChI=1S/C24H20BrNO4/c1-3-29-24(27)19(14-26)11-16-12-21(25)23(22(13-16)28-2)30-15-18-9-6-8-17-7-4-5-10-20(17)18/h4-13H,3,15H2,1-2H3. The predicted octanol–water partition coefficient (Wildman–Crippen LogP) is 5.66. The summed E-state index contributed by atoms with van der Waals surface area (Å²) < 4.78 is 17.1. The first-order valence-corrected chi connectivity index (χ1v) is 10.1. The van der Waals surface area contributed by atoms with E-state index in [1.54, 1.807) is 19.1 Å². The molecule has 0 unspecified atom stereocenters. The van der Waals surface area contributed by atoms with Gasteiger partial charge in [-0.15, -0.1) is 0 Å². The Kier molecular flexibility index (Phi) is 7.10. The van der Waals surface area contributed by atoms with E-state index in [0.29, 0.717) is 28.1 Å². The van der Waals surface area contributed by atoms with E-state index in [-0.39, 0.29) is 12.2 Å². The molecule has 0 aromatic heterocycles. The summed E-state index contributed by atoms with van der Waals surface area (Å²) in [5.74, 6) is 0.362. The summed E-state index contributed by atoms with van der Waals surface area (Å²) in [5, 5.41) is 11.5. The molecular weight excluding hydrogens is 446 g/mol. The molecule has 6 heteroatoms. The van der Waals surface area contributed by atoms with E-state index in [2.05, 4.69) is 34.1 Å². The summed E-state index contributed by atoms with van der Waals surface area (Å²) in [7, 11) is 1.54. The van der Waals surface area contributed by atoms with E-state index in [0.717, 1.165) is 16.3 Å². The fourth-order valence-corrected chi connectivity index (χ4v) is 3.62. The van der Waals surface area contributed by atoms with Crippen LogP contribution in [0.25, 0.3) is 16.8 Å². The molecule has 0 saturated heterocycles. The molecule has 0 aliphatic heterocycles. The number of halogens is 1. The Morgan fingerprint density at radius 1 is 1.17 bits per heavy atom. The molecule has 0 N–H and O–H groups in total. The highest BCUT2D eigenvalue weighted by Crippen LogP contribution is 2.38. The SMILES string of the molecule is CCOC(=O)C(C#N)=Cc1cc(Br)c(OCc2cccc3ccccc23)c(OC)c1. The highest BCUT2D eigenvalue weighted by atomic mass is 79.9. The highest BCUT2D eigenvalue weighted by Gasteiger charge is 2.15. The summed E-state index contributed by atoms with van der Waals surface area (Å²) in [6.07, 6.45) is 1.46. The minimum atomic E-state index is -0.661. The van der Waals surface area contributed by atoms with Crippen LogP contribution < -0.4 is 9.47 Å². The van der Waals surface area contributed by atoms with Gasteiger partial charge in [0.05, 0.1) is 18.2 Å². The topological polar surface area (TPSA) is 68.6 Å². The van der Waals surface area contributed by atoms with Crippen molar-refractivity contribution in [1.82, 2.24) is 0 Å². The van der Waals surface area contributed by atoms with Gasteiger partial charge in [0, 0.05) is 0 Å². The first kappa shape index (κ1) is 21.4. The molecule has 0 aliphatic rings. The van der Waals surface area contributed by atoms with Crippen molar-refractivity contribution in [2.45, 2.75) is 13.5 Å². The number of rotatable bonds is 7. The van der Waals surface area contributed by atoms with E-state index < -0.39 is 5.97 Å². The third-order valence-corrected chi connectivity index (χ3v) is 5.02. The van der Waals surface area contributed by atoms with Crippen LogP contribution in [0.15, 0.2) is 64.6 Å². The summed E-state index contributed by atoms with van der Waals surface area (Å²) >= 11 is 3.51. The van der Waals surface area contributed by atoms with Gasteiger partial charge in [0.2, 0.25) is 0 Å². The van der Waals surface area contributed by atoms with Crippen LogP contribution in [0.3, 0.4) is 0 Å². The van der Waals surface area contributed by atoms with Gasteiger partial charge in [-0.1, -0.05) is 42.5 Å². The molecule has 0 bridgehead atoms. The third kappa shape index (κ3) is 4.81. The summed E-state index contributed by atoms with van der Waals surface area (Å²) in [5.41, 5.74) is 1.58. The van der Waals surface area contributed by atoms with Crippen molar-refractivity contribution < 1.29 is 19.0 Å². The zero-order valence-electron chi connectivity index (χ0n) is 16.6. The lowest BCUT2D eigenvalue weighted by Gasteiger charge is -2.15. The molecule has 0 spiro atoms. The van der Waals surface area contributed by atoms with Gasteiger partial charge in [0.1, 0.15) is 18.2 Å². The molecule has 0 amide bonds. The number of hydrogen-bond acceptors (Lipinski definition) is 5. The zero-order chi connectivity index (χ0) is 21.5. The van der Waals surface area contributed by atoms with Gasteiger partial charge < -0.3 is 14.2 Å². The van der Waals surface area contributed by atoms with Crippen molar-refractivity contribution in [2.75, 3.05) is 13.7 Å². The number of carbonyl (C=O) groups is 1. The Morgan fingerprint density at radius 3 is 2.67 bits per heavy atom. The highest BCUT2D eigenvalue weighted by molar-refractivity contribution is 9.10. The van der Waals surface area contributed by atoms with Crippen LogP contribution >= 0.6 is 15.9 Å². The first-order valence-electron chi connectivity index (χ1n) is 9.33. The lowest BCUT2D eigenvalue weighted by molar-refractivity contribution is -0.137. The van der Waals surface area contributed by atoms with E-state index >= 15 is 0 Å². The van der Waals surface area contributed by atoms with E-state index in [4.69, 9.17) is 14.2 Å². The molecule has 0 radical (unpaired) electrons. The zero-order valence-corrected chi connectivity index (χ0v) is 18.2. The number of esters is 1. The van der Waals surface area contributed by atoms with Gasteiger partial charge in [0.25, 0.3) is 0 Å². The van der Waals surface area contributed by atoms with Gasteiger partial charge in [-0.3, -0.25) is 0 Å². The van der Waals surface area contributed by atoms with Crippen LogP contribution in [-0.4, -0.2) is 19.7 Å². The van der Waals surface area contributed by atoms with Gasteiger partial charge in [0.15, 0.2) is 11.5 Å².